The molecule has 0 aliphatic heterocycles. The summed E-state index contributed by atoms with van der Waals surface area (Å²) in [4.78, 5) is 0. The second-order valence-electron chi connectivity index (χ2n) is 8.68. The molecule has 0 aliphatic carbocycles. The highest BCUT2D eigenvalue weighted by atomic mass is 16.5. The minimum Gasteiger partial charge on any atom is -0.504 e. The van der Waals surface area contributed by atoms with Crippen LogP contribution in [0.2, 0.25) is 0 Å². The Hall–Kier alpha value is -2.40. The zero-order valence-electron chi connectivity index (χ0n) is 21.1. The number of aromatic hydroxyl groups is 2. The summed E-state index contributed by atoms with van der Waals surface area (Å²) in [6.07, 6.45) is 5.94. The molecular formula is C28H42O5. The molecule has 0 radical (unpaired) electrons. The fraction of sp³-hybridized carbons (Fsp3) is 0.571. The number of ether oxygens (including phenoxy) is 3. The van der Waals surface area contributed by atoms with Crippen LogP contribution in [0.25, 0.3) is 0 Å². The SMILES string of the molecule is CCCC(OC(CCC)C(CC)c1ccc(O)c(OC)c1)C(CC)c1ccc(O)c(OC)c1. The van der Waals surface area contributed by atoms with E-state index >= 15 is 0 Å². The van der Waals surface area contributed by atoms with E-state index in [9.17, 15) is 10.2 Å². The number of rotatable bonds is 14. The van der Waals surface area contributed by atoms with Gasteiger partial charge in [0, 0.05) is 11.8 Å². The zero-order chi connectivity index (χ0) is 24.4. The average molecular weight is 459 g/mol. The van der Waals surface area contributed by atoms with Gasteiger partial charge in [-0.15, -0.1) is 0 Å². The number of phenolic OH excluding ortho intramolecular Hbond substituents is 2. The normalized spacial score (nSPS) is 15.0. The first-order valence-electron chi connectivity index (χ1n) is 12.3. The maximum absolute atomic E-state index is 10.1. The molecular weight excluding hydrogens is 416 g/mol. The molecule has 0 saturated carbocycles. The predicted octanol–water partition coefficient (Wildman–Crippen LogP) is 7.16. The highest BCUT2D eigenvalue weighted by molar-refractivity contribution is 5.44. The molecule has 0 saturated heterocycles. The van der Waals surface area contributed by atoms with Gasteiger partial charge in [-0.25, -0.2) is 0 Å². The van der Waals surface area contributed by atoms with E-state index in [1.807, 2.05) is 24.3 Å². The highest BCUT2D eigenvalue weighted by Crippen LogP contribution is 2.39. The molecule has 0 spiro atoms. The van der Waals surface area contributed by atoms with E-state index < -0.39 is 0 Å². The van der Waals surface area contributed by atoms with Gasteiger partial charge in [0.1, 0.15) is 0 Å². The van der Waals surface area contributed by atoms with E-state index in [0.29, 0.717) is 11.5 Å². The molecule has 0 amide bonds. The van der Waals surface area contributed by atoms with Gasteiger partial charge >= 0.3 is 0 Å². The van der Waals surface area contributed by atoms with Gasteiger partial charge in [0.2, 0.25) is 0 Å². The lowest BCUT2D eigenvalue weighted by atomic mass is 9.85. The van der Waals surface area contributed by atoms with Crippen molar-refractivity contribution in [3.8, 4) is 23.0 Å². The summed E-state index contributed by atoms with van der Waals surface area (Å²) in [5, 5.41) is 20.1. The molecule has 4 atom stereocenters. The summed E-state index contributed by atoms with van der Waals surface area (Å²) >= 11 is 0. The molecule has 2 aromatic carbocycles. The molecule has 4 unspecified atom stereocenters. The van der Waals surface area contributed by atoms with Gasteiger partial charge in [-0.2, -0.15) is 0 Å². The Morgan fingerprint density at radius 3 is 1.36 bits per heavy atom. The monoisotopic (exact) mass is 458 g/mol. The Kier molecular flexibility index (Phi) is 10.9. The Morgan fingerprint density at radius 1 is 0.667 bits per heavy atom. The summed E-state index contributed by atoms with van der Waals surface area (Å²) < 4.78 is 17.7. The molecule has 5 heteroatoms. The summed E-state index contributed by atoms with van der Waals surface area (Å²) in [6.45, 7) is 8.76. The van der Waals surface area contributed by atoms with Crippen LogP contribution in [0.3, 0.4) is 0 Å². The number of benzene rings is 2. The van der Waals surface area contributed by atoms with E-state index in [1.54, 1.807) is 26.4 Å². The van der Waals surface area contributed by atoms with Gasteiger partial charge in [-0.05, 0) is 61.1 Å². The third-order valence-corrected chi connectivity index (χ3v) is 6.54. The molecule has 2 aromatic rings. The minimum atomic E-state index is 0.0545. The van der Waals surface area contributed by atoms with Crippen molar-refractivity contribution in [1.29, 1.82) is 0 Å². The lowest BCUT2D eigenvalue weighted by Gasteiger charge is -2.35. The Bertz CT molecular complexity index is 781. The summed E-state index contributed by atoms with van der Waals surface area (Å²) in [7, 11) is 3.16. The predicted molar refractivity (Wildman–Crippen MR) is 134 cm³/mol. The van der Waals surface area contributed by atoms with Crippen LogP contribution in [-0.4, -0.2) is 36.6 Å². The smallest absolute Gasteiger partial charge is 0.160 e. The second-order valence-corrected chi connectivity index (χ2v) is 8.68. The van der Waals surface area contributed by atoms with Gasteiger partial charge < -0.3 is 24.4 Å². The van der Waals surface area contributed by atoms with E-state index in [-0.39, 0.29) is 35.5 Å². The fourth-order valence-corrected chi connectivity index (χ4v) is 4.80. The van der Waals surface area contributed by atoms with Gasteiger partial charge in [-0.3, -0.25) is 0 Å². The van der Waals surface area contributed by atoms with E-state index in [4.69, 9.17) is 14.2 Å². The topological polar surface area (TPSA) is 68.2 Å². The van der Waals surface area contributed by atoms with Crippen molar-refractivity contribution in [2.45, 2.75) is 90.3 Å². The van der Waals surface area contributed by atoms with Crippen LogP contribution in [0.5, 0.6) is 23.0 Å². The Balaban J connectivity index is 2.38. The summed E-state index contributed by atoms with van der Waals surface area (Å²) in [5.41, 5.74) is 2.25. The lowest BCUT2D eigenvalue weighted by Crippen LogP contribution is -2.32. The third-order valence-electron chi connectivity index (χ3n) is 6.54. The average Bonchev–Trinajstić information content (AvgIpc) is 2.82. The van der Waals surface area contributed by atoms with Crippen LogP contribution >= 0.6 is 0 Å². The molecule has 5 nitrogen and oxygen atoms in total. The van der Waals surface area contributed by atoms with Gasteiger partial charge in [0.05, 0.1) is 26.4 Å². The van der Waals surface area contributed by atoms with Crippen LogP contribution < -0.4 is 9.47 Å². The third kappa shape index (κ3) is 6.80. The standard InChI is InChI=1S/C28H42O5/c1-7-11-25(21(9-3)19-13-15-23(29)27(17-19)31-5)33-26(12-8-2)22(10-4)20-14-16-24(30)28(18-20)32-6/h13-18,21-22,25-26,29-30H,7-12H2,1-6H3. The van der Waals surface area contributed by atoms with Crippen molar-refractivity contribution in [2.24, 2.45) is 0 Å². The molecule has 2 N–H and O–H groups in total. The first kappa shape index (κ1) is 26.8. The van der Waals surface area contributed by atoms with Crippen molar-refractivity contribution in [2.75, 3.05) is 14.2 Å². The maximum Gasteiger partial charge on any atom is 0.160 e. The van der Waals surface area contributed by atoms with Crippen LogP contribution in [0.4, 0.5) is 0 Å². The highest BCUT2D eigenvalue weighted by Gasteiger charge is 2.30. The minimum absolute atomic E-state index is 0.0545. The van der Waals surface area contributed by atoms with Crippen molar-refractivity contribution in [3.05, 3.63) is 47.5 Å². The number of phenols is 2. The molecule has 33 heavy (non-hydrogen) atoms. The lowest BCUT2D eigenvalue weighted by molar-refractivity contribution is -0.0489. The number of methoxy groups -OCH3 is 2. The van der Waals surface area contributed by atoms with E-state index in [2.05, 4.69) is 27.7 Å². The molecule has 0 aromatic heterocycles. The van der Waals surface area contributed by atoms with Gasteiger partial charge in [0.25, 0.3) is 0 Å². The largest absolute Gasteiger partial charge is 0.504 e. The van der Waals surface area contributed by atoms with Crippen molar-refractivity contribution in [3.63, 3.8) is 0 Å². The van der Waals surface area contributed by atoms with Crippen molar-refractivity contribution >= 4 is 0 Å². The summed E-state index contributed by atoms with van der Waals surface area (Å²) in [6, 6.07) is 11.3. The van der Waals surface area contributed by atoms with Crippen LogP contribution in [0.15, 0.2) is 36.4 Å². The van der Waals surface area contributed by atoms with Crippen LogP contribution in [0.1, 0.15) is 89.2 Å². The number of hydrogen-bond donors (Lipinski definition) is 2. The Labute approximate surface area is 199 Å². The van der Waals surface area contributed by atoms with Crippen LogP contribution in [-0.2, 0) is 4.74 Å². The zero-order valence-corrected chi connectivity index (χ0v) is 21.1. The van der Waals surface area contributed by atoms with Gasteiger partial charge in [-0.1, -0.05) is 52.7 Å². The first-order chi connectivity index (χ1) is 15.9. The molecule has 0 heterocycles. The Morgan fingerprint density at radius 2 is 1.06 bits per heavy atom. The maximum atomic E-state index is 10.1. The molecule has 0 aliphatic rings. The van der Waals surface area contributed by atoms with Crippen molar-refractivity contribution in [1.82, 2.24) is 0 Å². The quantitative estimate of drug-likeness (QED) is 0.314. The van der Waals surface area contributed by atoms with E-state index in [1.165, 1.54) is 0 Å². The summed E-state index contributed by atoms with van der Waals surface area (Å²) in [5.74, 6) is 1.69. The molecule has 184 valence electrons. The van der Waals surface area contributed by atoms with Gasteiger partial charge in [0.15, 0.2) is 23.0 Å². The molecule has 0 fully saturated rings. The van der Waals surface area contributed by atoms with E-state index in [0.717, 1.165) is 49.7 Å². The second kappa shape index (κ2) is 13.3. The van der Waals surface area contributed by atoms with Crippen LogP contribution in [0, 0.1) is 0 Å². The fourth-order valence-electron chi connectivity index (χ4n) is 4.80. The molecule has 2 rings (SSSR count). The number of hydrogen-bond acceptors (Lipinski definition) is 5. The first-order valence-corrected chi connectivity index (χ1v) is 12.3. The van der Waals surface area contributed by atoms with Crippen molar-refractivity contribution < 1.29 is 24.4 Å². The molecule has 0 bridgehead atoms.